The van der Waals surface area contributed by atoms with E-state index < -0.39 is 6.10 Å². The fourth-order valence-electron chi connectivity index (χ4n) is 4.25. The highest BCUT2D eigenvalue weighted by atomic mass is 32.1. The van der Waals surface area contributed by atoms with Crippen molar-refractivity contribution in [3.05, 3.63) is 52.2 Å². The summed E-state index contributed by atoms with van der Waals surface area (Å²) in [5.74, 6) is -0.484. The predicted molar refractivity (Wildman–Crippen MR) is 114 cm³/mol. The van der Waals surface area contributed by atoms with Gasteiger partial charge in [0.25, 0.3) is 0 Å². The molecular weight excluding hydrogens is 421 g/mol. The van der Waals surface area contributed by atoms with Gasteiger partial charge in [0.1, 0.15) is 10.8 Å². The molecule has 4 atom stereocenters. The molecule has 0 spiro atoms. The Morgan fingerprint density at radius 3 is 3.00 bits per heavy atom. The zero-order valence-corrected chi connectivity index (χ0v) is 18.1. The molecule has 2 aliphatic rings. The van der Waals surface area contributed by atoms with E-state index in [0.717, 1.165) is 17.8 Å². The van der Waals surface area contributed by atoms with Crippen LogP contribution >= 0.6 is 11.3 Å². The van der Waals surface area contributed by atoms with E-state index in [2.05, 4.69) is 15.2 Å². The van der Waals surface area contributed by atoms with E-state index in [9.17, 15) is 14.3 Å². The van der Waals surface area contributed by atoms with Crippen molar-refractivity contribution in [2.24, 2.45) is 0 Å². The molecule has 3 heterocycles. The van der Waals surface area contributed by atoms with Gasteiger partial charge in [-0.15, -0.1) is 11.3 Å². The number of aliphatic hydroxyl groups excluding tert-OH is 1. The van der Waals surface area contributed by atoms with E-state index in [4.69, 9.17) is 9.47 Å². The second kappa shape index (κ2) is 10.6. The van der Waals surface area contributed by atoms with E-state index in [1.165, 1.54) is 6.07 Å². The number of aliphatic hydroxyl groups is 1. The highest BCUT2D eigenvalue weighted by molar-refractivity contribution is 7.09. The molecule has 9 heteroatoms. The molecule has 0 radical (unpaired) electrons. The third-order valence-corrected chi connectivity index (χ3v) is 6.52. The number of fused-ring (bicyclic) bond motifs is 1. The van der Waals surface area contributed by atoms with Crippen molar-refractivity contribution in [1.82, 2.24) is 15.2 Å². The summed E-state index contributed by atoms with van der Waals surface area (Å²) in [5.41, 5.74) is 0.463. The van der Waals surface area contributed by atoms with Gasteiger partial charge in [0.2, 0.25) is 5.91 Å². The van der Waals surface area contributed by atoms with Gasteiger partial charge >= 0.3 is 0 Å². The van der Waals surface area contributed by atoms with Crippen LogP contribution in [0.4, 0.5) is 4.39 Å². The largest absolute Gasteiger partial charge is 0.389 e. The number of β-amino-alcohol motifs (C(OH)–C–C–N with tert-alkyl or cyclic N) is 1. The quantitative estimate of drug-likeness (QED) is 0.703. The number of nitrogens with zero attached hydrogens (tertiary/aromatic N) is 2. The van der Waals surface area contributed by atoms with Crippen LogP contribution < -0.4 is 5.32 Å². The third kappa shape index (κ3) is 6.08. The molecular formula is C22H28FN3O4S. The maximum atomic E-state index is 13.7. The second-order valence-corrected chi connectivity index (χ2v) is 9.04. The lowest BCUT2D eigenvalue weighted by Crippen LogP contribution is -2.55. The number of carbonyl (C=O) groups excluding carboxylic acids is 1. The number of halogens is 1. The Morgan fingerprint density at radius 2 is 2.19 bits per heavy atom. The summed E-state index contributed by atoms with van der Waals surface area (Å²) in [5, 5.41) is 16.0. The molecule has 4 rings (SSSR count). The molecule has 0 saturated carbocycles. The summed E-state index contributed by atoms with van der Waals surface area (Å²) in [6, 6.07) is 6.51. The maximum absolute atomic E-state index is 13.7. The minimum atomic E-state index is -0.553. The topological polar surface area (TPSA) is 83.9 Å². The average Bonchev–Trinajstić information content (AvgIpc) is 3.25. The Kier molecular flexibility index (Phi) is 7.62. The predicted octanol–water partition coefficient (Wildman–Crippen LogP) is 2.10. The Bertz CT molecular complexity index is 853. The van der Waals surface area contributed by atoms with Crippen molar-refractivity contribution in [3.8, 4) is 0 Å². The number of hydrogen-bond donors (Lipinski definition) is 2. The Labute approximate surface area is 185 Å². The molecule has 2 fully saturated rings. The molecule has 1 amide bonds. The van der Waals surface area contributed by atoms with Crippen molar-refractivity contribution in [1.29, 1.82) is 0 Å². The summed E-state index contributed by atoms with van der Waals surface area (Å²) in [4.78, 5) is 19.0. The lowest BCUT2D eigenvalue weighted by molar-refractivity contribution is -0.158. The highest BCUT2D eigenvalue weighted by Crippen LogP contribution is 2.29. The maximum Gasteiger partial charge on any atom is 0.222 e. The van der Waals surface area contributed by atoms with Gasteiger partial charge in [-0.05, 0) is 18.9 Å². The molecule has 2 aromatic rings. The van der Waals surface area contributed by atoms with Gasteiger partial charge in [-0.1, -0.05) is 18.2 Å². The van der Waals surface area contributed by atoms with Crippen molar-refractivity contribution in [2.75, 3.05) is 19.8 Å². The molecule has 2 N–H and O–H groups in total. The fourth-order valence-corrected chi connectivity index (χ4v) is 4.89. The van der Waals surface area contributed by atoms with Gasteiger partial charge < -0.3 is 19.9 Å². The van der Waals surface area contributed by atoms with Gasteiger partial charge in [0, 0.05) is 36.3 Å². The smallest absolute Gasteiger partial charge is 0.222 e. The number of hydrogen-bond acceptors (Lipinski definition) is 7. The molecule has 0 unspecified atom stereocenters. The zero-order chi connectivity index (χ0) is 21.6. The minimum Gasteiger partial charge on any atom is -0.389 e. The van der Waals surface area contributed by atoms with E-state index in [-0.39, 0.29) is 49.5 Å². The van der Waals surface area contributed by atoms with Crippen LogP contribution in [0.15, 0.2) is 35.8 Å². The monoisotopic (exact) mass is 449 g/mol. The normalized spacial score (nSPS) is 27.2. The Balaban J connectivity index is 1.33. The number of amides is 1. The first kappa shape index (κ1) is 22.3. The molecule has 2 saturated heterocycles. The van der Waals surface area contributed by atoms with E-state index >= 15 is 0 Å². The van der Waals surface area contributed by atoms with Crippen LogP contribution in [0.2, 0.25) is 0 Å². The first-order chi connectivity index (χ1) is 15.1. The summed E-state index contributed by atoms with van der Waals surface area (Å²) in [7, 11) is 0. The van der Waals surface area contributed by atoms with E-state index in [1.807, 2.05) is 5.38 Å². The summed E-state index contributed by atoms with van der Waals surface area (Å²) in [6.07, 6.45) is 2.65. The molecule has 7 nitrogen and oxygen atoms in total. The lowest BCUT2D eigenvalue weighted by Gasteiger charge is -2.44. The van der Waals surface area contributed by atoms with E-state index in [0.29, 0.717) is 25.3 Å². The van der Waals surface area contributed by atoms with Gasteiger partial charge in [0.15, 0.2) is 0 Å². The summed E-state index contributed by atoms with van der Waals surface area (Å²) in [6.45, 7) is 1.95. The molecule has 0 aliphatic carbocycles. The number of thiazole rings is 1. The summed E-state index contributed by atoms with van der Waals surface area (Å²) >= 11 is 1.60. The molecule has 31 heavy (non-hydrogen) atoms. The second-order valence-electron chi connectivity index (χ2n) is 8.06. The number of carbonyl (C=O) groups is 1. The van der Waals surface area contributed by atoms with Crippen molar-refractivity contribution in [3.63, 3.8) is 0 Å². The van der Waals surface area contributed by atoms with Gasteiger partial charge in [-0.2, -0.15) is 0 Å². The van der Waals surface area contributed by atoms with Crippen LogP contribution in [0.1, 0.15) is 29.8 Å². The van der Waals surface area contributed by atoms with Gasteiger partial charge in [-0.3, -0.25) is 9.69 Å². The van der Waals surface area contributed by atoms with Gasteiger partial charge in [-0.25, -0.2) is 9.37 Å². The number of rotatable bonds is 6. The van der Waals surface area contributed by atoms with Crippen molar-refractivity contribution < 1.29 is 23.8 Å². The number of aromatic nitrogens is 1. The molecule has 0 bridgehead atoms. The molecule has 1 aromatic heterocycles. The van der Waals surface area contributed by atoms with Crippen LogP contribution in [0.25, 0.3) is 0 Å². The number of benzene rings is 1. The average molecular weight is 450 g/mol. The number of nitrogens with one attached hydrogen (secondary N) is 1. The van der Waals surface area contributed by atoms with Crippen LogP contribution in [0.3, 0.4) is 0 Å². The first-order valence-electron chi connectivity index (χ1n) is 10.6. The first-order valence-corrected chi connectivity index (χ1v) is 11.5. The standard InChI is InChI=1S/C22H28FN3O4S/c23-18-4-2-1-3-15(18)10-25-21(28)9-17-5-6-19-20(30-17)14-29-13-16(27)11-26(19)12-22-24-7-8-31-22/h1-4,7-8,16-17,19-20,27H,5-6,9-14H2,(H,25,28)/t16-,17+,19+,20-/m0/s1. The fraction of sp³-hybridized carbons (Fsp3) is 0.545. The Hall–Kier alpha value is -1.91. The third-order valence-electron chi connectivity index (χ3n) is 5.76. The van der Waals surface area contributed by atoms with Crippen LogP contribution in [-0.4, -0.2) is 65.0 Å². The minimum absolute atomic E-state index is 0.0941. The van der Waals surface area contributed by atoms with Crippen molar-refractivity contribution >= 4 is 17.2 Å². The molecule has 168 valence electrons. The lowest BCUT2D eigenvalue weighted by atomic mass is 9.94. The molecule has 1 aromatic carbocycles. The van der Waals surface area contributed by atoms with Crippen LogP contribution in [0, 0.1) is 5.82 Å². The Morgan fingerprint density at radius 1 is 1.32 bits per heavy atom. The van der Waals surface area contributed by atoms with Crippen molar-refractivity contribution in [2.45, 2.75) is 56.7 Å². The highest BCUT2D eigenvalue weighted by Gasteiger charge is 2.38. The summed E-state index contributed by atoms with van der Waals surface area (Å²) < 4.78 is 25.7. The van der Waals surface area contributed by atoms with Crippen LogP contribution in [0.5, 0.6) is 0 Å². The van der Waals surface area contributed by atoms with Crippen LogP contribution in [-0.2, 0) is 27.4 Å². The SMILES string of the molecule is O=C(C[C@H]1CC[C@@H]2[C@H](COC[C@@H](O)CN2Cc2nccs2)O1)NCc1ccccc1F. The zero-order valence-electron chi connectivity index (χ0n) is 17.3. The van der Waals surface area contributed by atoms with E-state index in [1.54, 1.807) is 35.7 Å². The number of ether oxygens (including phenoxy) is 2. The van der Waals surface area contributed by atoms with Gasteiger partial charge in [0.05, 0.1) is 44.5 Å². The molecule has 2 aliphatic heterocycles.